The van der Waals surface area contributed by atoms with Crippen LogP contribution in [0, 0.1) is 5.92 Å². The van der Waals surface area contributed by atoms with Crippen LogP contribution in [0.3, 0.4) is 0 Å². The van der Waals surface area contributed by atoms with E-state index in [1.807, 2.05) is 23.2 Å². The van der Waals surface area contributed by atoms with Gasteiger partial charge in [-0.3, -0.25) is 9.78 Å². The van der Waals surface area contributed by atoms with E-state index in [9.17, 15) is 4.79 Å². The lowest BCUT2D eigenvalue weighted by Gasteiger charge is -2.27. The van der Waals surface area contributed by atoms with Crippen molar-refractivity contribution < 1.29 is 4.79 Å². The van der Waals surface area contributed by atoms with Gasteiger partial charge in [-0.15, -0.1) is 0 Å². The summed E-state index contributed by atoms with van der Waals surface area (Å²) in [4.78, 5) is 18.4. The van der Waals surface area contributed by atoms with E-state index in [4.69, 9.17) is 5.73 Å². The summed E-state index contributed by atoms with van der Waals surface area (Å²) in [6, 6.07) is 4.11. The minimum atomic E-state index is 0.201. The quantitative estimate of drug-likeness (QED) is 0.794. The first-order valence-electron chi connectivity index (χ1n) is 7.43. The molecule has 112 valence electrons. The number of hydrogen-bond donors (Lipinski definition) is 1. The van der Waals surface area contributed by atoms with E-state index in [1.54, 1.807) is 6.20 Å². The molecular weight excluding hydrogens is 250 g/mol. The summed E-state index contributed by atoms with van der Waals surface area (Å²) in [6.45, 7) is 7.59. The number of nitrogens with zero attached hydrogens (tertiary/aromatic N) is 2. The van der Waals surface area contributed by atoms with E-state index in [1.165, 1.54) is 0 Å². The van der Waals surface area contributed by atoms with Gasteiger partial charge in [-0.1, -0.05) is 13.0 Å². The van der Waals surface area contributed by atoms with Crippen LogP contribution >= 0.6 is 0 Å². The van der Waals surface area contributed by atoms with Crippen LogP contribution < -0.4 is 5.73 Å². The number of pyridine rings is 1. The van der Waals surface area contributed by atoms with E-state index in [0.29, 0.717) is 25.4 Å². The number of hydrogen-bond acceptors (Lipinski definition) is 3. The molecule has 1 atom stereocenters. The topological polar surface area (TPSA) is 59.2 Å². The fourth-order valence-corrected chi connectivity index (χ4v) is 2.19. The van der Waals surface area contributed by atoms with Gasteiger partial charge in [0.2, 0.25) is 5.91 Å². The summed E-state index contributed by atoms with van der Waals surface area (Å²) in [5.74, 6) is 0.726. The van der Waals surface area contributed by atoms with Gasteiger partial charge in [-0.25, -0.2) is 0 Å². The molecule has 0 saturated carbocycles. The second-order valence-electron chi connectivity index (χ2n) is 5.70. The van der Waals surface area contributed by atoms with Crippen LogP contribution in [-0.2, 0) is 11.3 Å². The van der Waals surface area contributed by atoms with Crippen molar-refractivity contribution in [1.29, 1.82) is 0 Å². The van der Waals surface area contributed by atoms with Crippen LogP contribution in [0.2, 0.25) is 0 Å². The molecular formula is C16H27N3O. The van der Waals surface area contributed by atoms with Gasteiger partial charge in [0.1, 0.15) is 0 Å². The molecule has 0 saturated heterocycles. The molecule has 4 heteroatoms. The first kappa shape index (κ1) is 16.6. The van der Waals surface area contributed by atoms with Gasteiger partial charge >= 0.3 is 0 Å². The van der Waals surface area contributed by atoms with Crippen LogP contribution in [0.15, 0.2) is 24.5 Å². The zero-order valence-electron chi connectivity index (χ0n) is 12.9. The average Bonchev–Trinajstić information content (AvgIpc) is 2.43. The highest BCUT2D eigenvalue weighted by Gasteiger charge is 2.17. The van der Waals surface area contributed by atoms with Crippen molar-refractivity contribution in [2.45, 2.75) is 52.6 Å². The van der Waals surface area contributed by atoms with Crippen LogP contribution in [0.25, 0.3) is 0 Å². The number of rotatable bonds is 8. The van der Waals surface area contributed by atoms with Crippen LogP contribution in [-0.4, -0.2) is 28.4 Å². The molecule has 1 amide bonds. The highest BCUT2D eigenvalue weighted by molar-refractivity contribution is 5.76. The number of aromatic nitrogens is 1. The maximum atomic E-state index is 12.4. The van der Waals surface area contributed by atoms with Gasteiger partial charge < -0.3 is 10.6 Å². The Morgan fingerprint density at radius 3 is 2.65 bits per heavy atom. The number of carbonyl (C=O) groups is 1. The molecule has 0 fully saturated rings. The molecule has 2 N–H and O–H groups in total. The summed E-state index contributed by atoms with van der Waals surface area (Å²) in [6.07, 6.45) is 6.06. The maximum absolute atomic E-state index is 12.4. The lowest BCUT2D eigenvalue weighted by atomic mass is 10.0. The predicted molar refractivity (Wildman–Crippen MR) is 82.0 cm³/mol. The number of amides is 1. The van der Waals surface area contributed by atoms with Gasteiger partial charge in [0.15, 0.2) is 0 Å². The van der Waals surface area contributed by atoms with Crippen LogP contribution in [0.1, 0.15) is 45.6 Å². The highest BCUT2D eigenvalue weighted by Crippen LogP contribution is 2.14. The third kappa shape index (κ3) is 5.70. The molecule has 1 aromatic heterocycles. The summed E-state index contributed by atoms with van der Waals surface area (Å²) in [5.41, 5.74) is 6.62. The highest BCUT2D eigenvalue weighted by atomic mass is 16.2. The number of carbonyl (C=O) groups excluding carboxylic acids is 1. The minimum Gasteiger partial charge on any atom is -0.336 e. The fourth-order valence-electron chi connectivity index (χ4n) is 2.19. The van der Waals surface area contributed by atoms with Crippen LogP contribution in [0.4, 0.5) is 0 Å². The Bertz CT molecular complexity index is 392. The van der Waals surface area contributed by atoms with Crippen molar-refractivity contribution in [3.05, 3.63) is 30.1 Å². The Labute approximate surface area is 122 Å². The van der Waals surface area contributed by atoms with Gasteiger partial charge in [-0.05, 0) is 50.8 Å². The summed E-state index contributed by atoms with van der Waals surface area (Å²) >= 11 is 0. The normalized spacial score (nSPS) is 12.4. The van der Waals surface area contributed by atoms with Crippen molar-refractivity contribution in [2.24, 2.45) is 11.7 Å². The number of nitrogens with two attached hydrogens (primary N) is 1. The zero-order chi connectivity index (χ0) is 15.0. The molecule has 1 heterocycles. The van der Waals surface area contributed by atoms with Gasteiger partial charge in [0, 0.05) is 31.4 Å². The minimum absolute atomic E-state index is 0.201. The second-order valence-corrected chi connectivity index (χ2v) is 5.70. The Kier molecular flexibility index (Phi) is 7.23. The van der Waals surface area contributed by atoms with Crippen molar-refractivity contribution in [3.63, 3.8) is 0 Å². The molecule has 0 bridgehead atoms. The average molecular weight is 277 g/mol. The van der Waals surface area contributed by atoms with Crippen molar-refractivity contribution in [3.8, 4) is 0 Å². The third-order valence-corrected chi connectivity index (χ3v) is 3.53. The fraction of sp³-hybridized carbons (Fsp3) is 0.625. The van der Waals surface area contributed by atoms with Crippen molar-refractivity contribution >= 4 is 5.91 Å². The Morgan fingerprint density at radius 1 is 1.35 bits per heavy atom. The lowest BCUT2D eigenvalue weighted by Crippen LogP contribution is -2.36. The summed E-state index contributed by atoms with van der Waals surface area (Å²) in [7, 11) is 0. The Balaban J connectivity index is 2.55. The van der Waals surface area contributed by atoms with Crippen molar-refractivity contribution in [1.82, 2.24) is 9.88 Å². The standard InChI is InChI=1S/C16H27N3O/c1-13(2)19(12-15-5-4-10-18-11-15)16(20)7-6-14(3)8-9-17/h4-5,10-11,13-14H,6-9,12,17H2,1-3H3. The largest absolute Gasteiger partial charge is 0.336 e. The molecule has 0 aliphatic rings. The van der Waals surface area contributed by atoms with Gasteiger partial charge in [0.05, 0.1) is 0 Å². The van der Waals surface area contributed by atoms with Gasteiger partial charge in [0.25, 0.3) is 0 Å². The zero-order valence-corrected chi connectivity index (χ0v) is 12.9. The molecule has 1 rings (SSSR count). The first-order chi connectivity index (χ1) is 9.54. The molecule has 0 aromatic carbocycles. The maximum Gasteiger partial charge on any atom is 0.223 e. The molecule has 1 unspecified atom stereocenters. The van der Waals surface area contributed by atoms with E-state index in [0.717, 1.165) is 18.4 Å². The molecule has 4 nitrogen and oxygen atoms in total. The summed E-state index contributed by atoms with van der Waals surface area (Å²) < 4.78 is 0. The Morgan fingerprint density at radius 2 is 2.10 bits per heavy atom. The van der Waals surface area contributed by atoms with E-state index in [-0.39, 0.29) is 11.9 Å². The SMILES string of the molecule is CC(CCN)CCC(=O)N(Cc1cccnc1)C(C)C. The molecule has 1 aromatic rings. The van der Waals surface area contributed by atoms with Crippen LogP contribution in [0.5, 0.6) is 0 Å². The molecule has 0 radical (unpaired) electrons. The summed E-state index contributed by atoms with van der Waals surface area (Å²) in [5, 5.41) is 0. The van der Waals surface area contributed by atoms with E-state index < -0.39 is 0 Å². The van der Waals surface area contributed by atoms with Gasteiger partial charge in [-0.2, -0.15) is 0 Å². The first-order valence-corrected chi connectivity index (χ1v) is 7.43. The molecule has 0 aliphatic carbocycles. The third-order valence-electron chi connectivity index (χ3n) is 3.53. The van der Waals surface area contributed by atoms with Crippen molar-refractivity contribution in [2.75, 3.05) is 6.54 Å². The monoisotopic (exact) mass is 277 g/mol. The second kappa shape index (κ2) is 8.69. The molecule has 0 spiro atoms. The smallest absolute Gasteiger partial charge is 0.223 e. The van der Waals surface area contributed by atoms with E-state index >= 15 is 0 Å². The molecule has 20 heavy (non-hydrogen) atoms. The molecule has 0 aliphatic heterocycles. The van der Waals surface area contributed by atoms with E-state index in [2.05, 4.69) is 25.8 Å². The Hall–Kier alpha value is -1.42. The lowest BCUT2D eigenvalue weighted by molar-refractivity contribution is -0.133. The predicted octanol–water partition coefficient (Wildman–Crippen LogP) is 2.58.